The third kappa shape index (κ3) is 3.54. The highest BCUT2D eigenvalue weighted by molar-refractivity contribution is 6.10. The molecule has 0 N–H and O–H groups in total. The van der Waals surface area contributed by atoms with Crippen LogP contribution in [0.15, 0.2) is 60.7 Å². The molecule has 5 heteroatoms. The second-order valence-corrected chi connectivity index (χ2v) is 9.43. The van der Waals surface area contributed by atoms with Crippen LogP contribution < -0.4 is 0 Å². The lowest BCUT2D eigenvalue weighted by Crippen LogP contribution is -2.11. The normalized spacial score (nSPS) is 11.8. The maximum absolute atomic E-state index is 9.60. The largest absolute Gasteiger partial charge is 0.308 e. The fraction of sp³-hybridized carbons (Fsp3) is 0.214. The molecule has 0 bridgehead atoms. The maximum Gasteiger partial charge on any atom is 0.165 e. The van der Waals surface area contributed by atoms with Crippen molar-refractivity contribution >= 4 is 21.8 Å². The molecule has 5 rings (SSSR count). The van der Waals surface area contributed by atoms with Crippen molar-refractivity contribution in [2.24, 2.45) is 0 Å². The third-order valence-corrected chi connectivity index (χ3v) is 6.01. The topological polar surface area (TPSA) is 67.4 Å². The molecule has 0 aliphatic heterocycles. The van der Waals surface area contributed by atoms with Gasteiger partial charge in [0.1, 0.15) is 11.6 Å². The van der Waals surface area contributed by atoms with Crippen molar-refractivity contribution in [1.82, 2.24) is 19.5 Å². The van der Waals surface area contributed by atoms with Crippen LogP contribution in [0.2, 0.25) is 0 Å². The Kier molecular flexibility index (Phi) is 4.75. The zero-order chi connectivity index (χ0) is 23.3. The number of aryl methyl sites for hydroxylation is 2. The highest BCUT2D eigenvalue weighted by Crippen LogP contribution is 2.37. The Labute approximate surface area is 193 Å². The number of nitrogens with zero attached hydrogens (tertiary/aromatic N) is 5. The second kappa shape index (κ2) is 7.53. The van der Waals surface area contributed by atoms with E-state index in [1.54, 1.807) is 0 Å². The van der Waals surface area contributed by atoms with Crippen LogP contribution >= 0.6 is 0 Å². The van der Waals surface area contributed by atoms with E-state index in [1.165, 1.54) is 16.3 Å². The van der Waals surface area contributed by atoms with Crippen LogP contribution in [0.1, 0.15) is 43.5 Å². The number of nitriles is 1. The average molecular weight is 432 g/mol. The minimum absolute atomic E-state index is 0.0193. The van der Waals surface area contributed by atoms with Crippen LogP contribution in [0.5, 0.6) is 0 Å². The standard InChI is InChI=1S/C28H25N5/c1-17-30-18(2)32-27(31-17)23-14-19(16-29)10-13-25(23)33-24-9-7-6-8-21(24)22-12-11-20(15-26(22)33)28(3,4)5/h6-15H,1-5H3. The van der Waals surface area contributed by atoms with Crippen LogP contribution in [-0.4, -0.2) is 19.5 Å². The second-order valence-electron chi connectivity index (χ2n) is 9.43. The first kappa shape index (κ1) is 20.8. The van der Waals surface area contributed by atoms with Crippen molar-refractivity contribution in [3.8, 4) is 23.1 Å². The van der Waals surface area contributed by atoms with Gasteiger partial charge in [-0.05, 0) is 55.2 Å². The third-order valence-electron chi connectivity index (χ3n) is 6.01. The van der Waals surface area contributed by atoms with Crippen molar-refractivity contribution in [3.05, 3.63) is 83.4 Å². The zero-order valence-electron chi connectivity index (χ0n) is 19.5. The van der Waals surface area contributed by atoms with E-state index >= 15 is 0 Å². The first-order valence-electron chi connectivity index (χ1n) is 11.0. The number of benzene rings is 3. The van der Waals surface area contributed by atoms with E-state index in [0.29, 0.717) is 23.0 Å². The summed E-state index contributed by atoms with van der Waals surface area (Å²) in [5.74, 6) is 1.89. The number of hydrogen-bond acceptors (Lipinski definition) is 4. The molecule has 0 unspecified atom stereocenters. The van der Waals surface area contributed by atoms with Gasteiger partial charge in [0.2, 0.25) is 0 Å². The van der Waals surface area contributed by atoms with Gasteiger partial charge in [0.05, 0.1) is 28.4 Å². The van der Waals surface area contributed by atoms with E-state index < -0.39 is 0 Å². The number of fused-ring (bicyclic) bond motifs is 3. The smallest absolute Gasteiger partial charge is 0.165 e. The highest BCUT2D eigenvalue weighted by atomic mass is 15.0. The van der Waals surface area contributed by atoms with Crippen molar-refractivity contribution in [3.63, 3.8) is 0 Å². The minimum Gasteiger partial charge on any atom is -0.308 e. The van der Waals surface area contributed by atoms with E-state index in [9.17, 15) is 5.26 Å². The lowest BCUT2D eigenvalue weighted by Gasteiger charge is -2.20. The van der Waals surface area contributed by atoms with Gasteiger partial charge in [-0.2, -0.15) is 5.26 Å². The Bertz CT molecular complexity index is 1560. The average Bonchev–Trinajstić information content (AvgIpc) is 3.11. The molecular weight excluding hydrogens is 406 g/mol. The molecule has 33 heavy (non-hydrogen) atoms. The lowest BCUT2D eigenvalue weighted by molar-refractivity contribution is 0.591. The Balaban J connectivity index is 1.92. The molecule has 0 amide bonds. The molecule has 2 aromatic heterocycles. The molecule has 0 atom stereocenters. The van der Waals surface area contributed by atoms with E-state index in [4.69, 9.17) is 0 Å². The highest BCUT2D eigenvalue weighted by Gasteiger charge is 2.20. The van der Waals surface area contributed by atoms with Crippen LogP contribution in [0.25, 0.3) is 38.9 Å². The molecule has 3 aromatic carbocycles. The van der Waals surface area contributed by atoms with Gasteiger partial charge in [0.25, 0.3) is 0 Å². The van der Waals surface area contributed by atoms with Crippen molar-refractivity contribution in [1.29, 1.82) is 5.26 Å². The Morgan fingerprint density at radius 3 is 2.18 bits per heavy atom. The molecule has 0 aliphatic rings. The molecule has 2 heterocycles. The predicted octanol–water partition coefficient (Wildman–Crippen LogP) is 6.42. The van der Waals surface area contributed by atoms with Crippen molar-refractivity contribution < 1.29 is 0 Å². The van der Waals surface area contributed by atoms with Gasteiger partial charge in [-0.3, -0.25) is 0 Å². The summed E-state index contributed by atoms with van der Waals surface area (Å²) in [5.41, 5.74) is 5.83. The van der Waals surface area contributed by atoms with E-state index in [-0.39, 0.29) is 5.41 Å². The minimum atomic E-state index is 0.0193. The molecule has 0 fully saturated rings. The first-order chi connectivity index (χ1) is 15.8. The van der Waals surface area contributed by atoms with Crippen LogP contribution in [0.4, 0.5) is 0 Å². The summed E-state index contributed by atoms with van der Waals surface area (Å²) >= 11 is 0. The summed E-state index contributed by atoms with van der Waals surface area (Å²) in [6.07, 6.45) is 0. The van der Waals surface area contributed by atoms with Crippen molar-refractivity contribution in [2.75, 3.05) is 0 Å². The summed E-state index contributed by atoms with van der Waals surface area (Å²) in [6, 6.07) is 23.1. The van der Waals surface area contributed by atoms with Crippen LogP contribution in [0.3, 0.4) is 0 Å². The summed E-state index contributed by atoms with van der Waals surface area (Å²) in [5, 5.41) is 12.0. The maximum atomic E-state index is 9.60. The van der Waals surface area contributed by atoms with Crippen LogP contribution in [0, 0.1) is 25.2 Å². The van der Waals surface area contributed by atoms with E-state index in [1.807, 2.05) is 32.0 Å². The van der Waals surface area contributed by atoms with Gasteiger partial charge in [0, 0.05) is 16.3 Å². The number of hydrogen-bond donors (Lipinski definition) is 0. The quantitative estimate of drug-likeness (QED) is 0.323. The first-order valence-corrected chi connectivity index (χ1v) is 11.0. The fourth-order valence-corrected chi connectivity index (χ4v) is 4.41. The van der Waals surface area contributed by atoms with E-state index in [0.717, 1.165) is 22.3 Å². The molecular formula is C28H25N5. The summed E-state index contributed by atoms with van der Waals surface area (Å²) in [6.45, 7) is 10.4. The molecule has 0 saturated carbocycles. The predicted molar refractivity (Wildman–Crippen MR) is 132 cm³/mol. The van der Waals surface area contributed by atoms with Gasteiger partial charge in [0.15, 0.2) is 5.82 Å². The van der Waals surface area contributed by atoms with Gasteiger partial charge in [-0.15, -0.1) is 0 Å². The number of para-hydroxylation sites is 1. The van der Waals surface area contributed by atoms with Gasteiger partial charge < -0.3 is 4.57 Å². The summed E-state index contributed by atoms with van der Waals surface area (Å²) in [7, 11) is 0. The molecule has 0 aliphatic carbocycles. The van der Waals surface area contributed by atoms with Crippen LogP contribution in [-0.2, 0) is 5.41 Å². The summed E-state index contributed by atoms with van der Waals surface area (Å²) in [4.78, 5) is 13.6. The van der Waals surface area contributed by atoms with Gasteiger partial charge in [-0.25, -0.2) is 15.0 Å². The lowest BCUT2D eigenvalue weighted by atomic mass is 9.86. The molecule has 0 spiro atoms. The van der Waals surface area contributed by atoms with Gasteiger partial charge >= 0.3 is 0 Å². The Morgan fingerprint density at radius 2 is 1.48 bits per heavy atom. The molecule has 162 valence electrons. The molecule has 0 radical (unpaired) electrons. The number of aromatic nitrogens is 4. The van der Waals surface area contributed by atoms with Gasteiger partial charge in [-0.1, -0.05) is 51.1 Å². The Morgan fingerprint density at radius 1 is 0.788 bits per heavy atom. The van der Waals surface area contributed by atoms with Crippen molar-refractivity contribution in [2.45, 2.75) is 40.0 Å². The molecule has 0 saturated heterocycles. The van der Waals surface area contributed by atoms with E-state index in [2.05, 4.69) is 88.8 Å². The molecule has 5 nitrogen and oxygen atoms in total. The fourth-order valence-electron chi connectivity index (χ4n) is 4.41. The summed E-state index contributed by atoms with van der Waals surface area (Å²) < 4.78 is 2.27. The monoisotopic (exact) mass is 431 g/mol. The number of rotatable bonds is 2. The molecule has 5 aromatic rings. The zero-order valence-corrected chi connectivity index (χ0v) is 19.5. The SMILES string of the molecule is Cc1nc(C)nc(-c2cc(C#N)ccc2-n2c3ccccc3c3ccc(C(C)(C)C)cc32)n1. The Hall–Kier alpha value is -4.04.